The molecule has 5 rings (SSSR count). The van der Waals surface area contributed by atoms with Crippen molar-refractivity contribution >= 4 is 5.91 Å². The Kier molecular flexibility index (Phi) is 8.75. The highest BCUT2D eigenvalue weighted by molar-refractivity contribution is 5.82. The van der Waals surface area contributed by atoms with Crippen LogP contribution in [0.5, 0.6) is 5.75 Å². The van der Waals surface area contributed by atoms with E-state index in [1.54, 1.807) is 12.3 Å². The number of carbonyl (C=O) groups is 1. The summed E-state index contributed by atoms with van der Waals surface area (Å²) in [6.45, 7) is 3.39. The summed E-state index contributed by atoms with van der Waals surface area (Å²) in [5, 5.41) is 23.3. The van der Waals surface area contributed by atoms with E-state index in [-0.39, 0.29) is 18.7 Å². The minimum absolute atomic E-state index is 0.0931. The highest BCUT2D eigenvalue weighted by atomic mass is 19.3. The van der Waals surface area contributed by atoms with Gasteiger partial charge in [-0.25, -0.2) is 18.7 Å². The molecule has 1 fully saturated rings. The van der Waals surface area contributed by atoms with Crippen molar-refractivity contribution in [1.82, 2.24) is 29.7 Å². The summed E-state index contributed by atoms with van der Waals surface area (Å²) in [4.78, 5) is 34.5. The molecule has 1 amide bonds. The summed E-state index contributed by atoms with van der Waals surface area (Å²) in [7, 11) is 0. The Labute approximate surface area is 234 Å². The van der Waals surface area contributed by atoms with Gasteiger partial charge in [0.05, 0.1) is 37.8 Å². The number of aromatic nitrogens is 3. The van der Waals surface area contributed by atoms with Crippen LogP contribution in [0.4, 0.5) is 8.78 Å². The number of ether oxygens (including phenoxy) is 1. The first-order valence-electron chi connectivity index (χ1n) is 13.2. The van der Waals surface area contributed by atoms with Crippen LogP contribution in [-0.2, 0) is 29.0 Å². The van der Waals surface area contributed by atoms with Gasteiger partial charge >= 0.3 is 0 Å². The lowest BCUT2D eigenvalue weighted by Crippen LogP contribution is -2.49. The van der Waals surface area contributed by atoms with Crippen LogP contribution in [0, 0.1) is 11.8 Å². The summed E-state index contributed by atoms with van der Waals surface area (Å²) in [5.74, 6) is 4.74. The molecule has 1 aromatic carbocycles. The topological polar surface area (TPSA) is 136 Å². The maximum absolute atomic E-state index is 12.9. The summed E-state index contributed by atoms with van der Waals surface area (Å²) in [6.07, 6.45) is -1.66. The number of aromatic amines is 1. The Morgan fingerprint density at radius 2 is 1.93 bits per heavy atom. The third kappa shape index (κ3) is 6.80. The number of hydrogen-bond donors (Lipinski definition) is 4. The number of nitrogens with zero attached hydrogens (tertiary/aromatic N) is 4. The van der Waals surface area contributed by atoms with Crippen molar-refractivity contribution in [2.24, 2.45) is 0 Å². The molecule has 2 aromatic heterocycles. The van der Waals surface area contributed by atoms with Gasteiger partial charge in [0.15, 0.2) is 6.35 Å². The Morgan fingerprint density at radius 1 is 1.20 bits per heavy atom. The molecule has 2 aliphatic heterocycles. The first kappa shape index (κ1) is 28.4. The number of aliphatic hydroxyl groups is 1. The second-order valence-electron chi connectivity index (χ2n) is 9.86. The lowest BCUT2D eigenvalue weighted by atomic mass is 10.1. The van der Waals surface area contributed by atoms with E-state index in [9.17, 15) is 28.6 Å². The first-order chi connectivity index (χ1) is 19.8. The molecule has 41 heavy (non-hydrogen) atoms. The second-order valence-corrected chi connectivity index (χ2v) is 9.86. The number of halogens is 2. The molecule has 0 saturated carbocycles. The minimum Gasteiger partial charge on any atom is -0.502 e. The van der Waals surface area contributed by atoms with Crippen molar-refractivity contribution in [3.63, 3.8) is 0 Å². The van der Waals surface area contributed by atoms with E-state index in [4.69, 9.17) is 4.74 Å². The molecular weight excluding hydrogens is 538 g/mol. The predicted octanol–water partition coefficient (Wildman–Crippen LogP) is 0.766. The molecule has 2 aliphatic rings. The number of nitrogens with one attached hydrogen (secondary N) is 2. The summed E-state index contributed by atoms with van der Waals surface area (Å²) in [6, 6.07) is 8.60. The number of fused-ring (bicyclic) bond motifs is 1. The molecule has 11 nitrogen and oxygen atoms in total. The number of morpholine rings is 1. The second kappa shape index (κ2) is 12.6. The van der Waals surface area contributed by atoms with Crippen molar-refractivity contribution in [3.05, 3.63) is 81.3 Å². The third-order valence-electron chi connectivity index (χ3n) is 7.06. The maximum atomic E-state index is 12.9. The fraction of sp³-hybridized carbons (Fsp3) is 0.393. The maximum Gasteiger partial charge on any atom is 0.293 e. The van der Waals surface area contributed by atoms with Gasteiger partial charge in [-0.3, -0.25) is 14.5 Å². The number of rotatable bonds is 8. The van der Waals surface area contributed by atoms with Crippen molar-refractivity contribution in [1.29, 1.82) is 0 Å². The van der Waals surface area contributed by atoms with Crippen molar-refractivity contribution < 1.29 is 28.5 Å². The highest BCUT2D eigenvalue weighted by Gasteiger charge is 2.38. The molecule has 2 unspecified atom stereocenters. The molecule has 0 bridgehead atoms. The van der Waals surface area contributed by atoms with Gasteiger partial charge in [0.25, 0.3) is 12.0 Å². The Hall–Kier alpha value is -4.09. The molecule has 0 radical (unpaired) electrons. The third-order valence-corrected chi connectivity index (χ3v) is 7.06. The average molecular weight is 569 g/mol. The fourth-order valence-corrected chi connectivity index (χ4v) is 4.91. The Morgan fingerprint density at radius 3 is 2.63 bits per heavy atom. The molecule has 216 valence electrons. The zero-order chi connectivity index (χ0) is 28.9. The zero-order valence-electron chi connectivity index (χ0n) is 22.1. The van der Waals surface area contributed by atoms with Gasteiger partial charge in [0.1, 0.15) is 0 Å². The van der Waals surface area contributed by atoms with Gasteiger partial charge in [-0.2, -0.15) is 0 Å². The normalized spacial score (nSPS) is 18.1. The van der Waals surface area contributed by atoms with Crippen LogP contribution in [0.3, 0.4) is 0 Å². The number of aromatic hydroxyl groups is 1. The smallest absolute Gasteiger partial charge is 0.293 e. The van der Waals surface area contributed by atoms with Gasteiger partial charge in [-0.15, -0.1) is 0 Å². The zero-order valence-corrected chi connectivity index (χ0v) is 22.1. The van der Waals surface area contributed by atoms with Crippen LogP contribution in [0.25, 0.3) is 0 Å². The number of aliphatic hydroxyl groups excluding tert-OH is 1. The lowest BCUT2D eigenvalue weighted by molar-refractivity contribution is -0.135. The van der Waals surface area contributed by atoms with E-state index in [1.807, 2.05) is 24.3 Å². The largest absolute Gasteiger partial charge is 0.502 e. The fourth-order valence-electron chi connectivity index (χ4n) is 4.91. The summed E-state index contributed by atoms with van der Waals surface area (Å²) >= 11 is 0. The van der Waals surface area contributed by atoms with E-state index in [0.29, 0.717) is 11.3 Å². The molecule has 4 N–H and O–H groups in total. The molecule has 0 spiro atoms. The average Bonchev–Trinajstić information content (AvgIpc) is 3.51. The van der Waals surface area contributed by atoms with E-state index < -0.39 is 42.6 Å². The van der Waals surface area contributed by atoms with Crippen LogP contribution < -0.4 is 10.9 Å². The number of benzene rings is 1. The molecule has 1 saturated heterocycles. The van der Waals surface area contributed by atoms with Crippen LogP contribution in [0.1, 0.15) is 34.4 Å². The predicted molar refractivity (Wildman–Crippen MR) is 143 cm³/mol. The van der Waals surface area contributed by atoms with Crippen LogP contribution in [0.2, 0.25) is 0 Å². The van der Waals surface area contributed by atoms with Gasteiger partial charge in [-0.05, 0) is 23.8 Å². The number of carbonyl (C=O) groups excluding carboxylic acids is 1. The highest BCUT2D eigenvalue weighted by Crippen LogP contribution is 2.30. The van der Waals surface area contributed by atoms with Gasteiger partial charge in [0, 0.05) is 55.6 Å². The monoisotopic (exact) mass is 568 g/mol. The van der Waals surface area contributed by atoms with Crippen molar-refractivity contribution in [3.8, 4) is 17.6 Å². The SMILES string of the molecule is O=C(NCC(F)F)C(Cc1nc[nH]c(=O)c1O)N1Cc2cc(C#Cc3ccc(CN4CCOCC4)cc3)cn2C1O. The van der Waals surface area contributed by atoms with Crippen LogP contribution in [0.15, 0.2) is 47.7 Å². The van der Waals surface area contributed by atoms with E-state index in [0.717, 1.165) is 44.7 Å². The summed E-state index contributed by atoms with van der Waals surface area (Å²) < 4.78 is 32.5. The Balaban J connectivity index is 1.28. The van der Waals surface area contributed by atoms with Crippen molar-refractivity contribution in [2.75, 3.05) is 32.8 Å². The number of amides is 1. The number of H-pyrrole nitrogens is 1. The van der Waals surface area contributed by atoms with Gasteiger partial charge < -0.3 is 29.8 Å². The van der Waals surface area contributed by atoms with E-state index in [2.05, 4.69) is 32.0 Å². The molecule has 13 heteroatoms. The van der Waals surface area contributed by atoms with Crippen LogP contribution in [-0.4, -0.2) is 85.8 Å². The first-order valence-corrected chi connectivity index (χ1v) is 13.2. The number of hydrogen-bond acceptors (Lipinski definition) is 8. The Bertz CT molecular complexity index is 1490. The van der Waals surface area contributed by atoms with E-state index in [1.165, 1.54) is 15.0 Å². The number of alkyl halides is 2. The lowest BCUT2D eigenvalue weighted by Gasteiger charge is -2.29. The molecular formula is C28H30F2N6O5. The standard InChI is InChI=1S/C28H30F2N6O5/c29-24(30)13-31-26(38)23(12-22-25(37)27(39)33-17-32-22)36-16-21-11-20(15-35(21)28(36)40)6-3-18-1-4-19(5-2-18)14-34-7-9-41-10-8-34/h1-2,4-5,11,15,17,23-24,28,37,40H,7-10,12-14,16H2,(H,31,38)(H,32,33,39). The molecule has 3 aromatic rings. The molecule has 4 heterocycles. The van der Waals surface area contributed by atoms with Gasteiger partial charge in [-0.1, -0.05) is 24.0 Å². The molecule has 0 aliphatic carbocycles. The van der Waals surface area contributed by atoms with Crippen molar-refractivity contribution in [2.45, 2.75) is 38.3 Å². The minimum atomic E-state index is -2.77. The van der Waals surface area contributed by atoms with Crippen LogP contribution >= 0.6 is 0 Å². The summed E-state index contributed by atoms with van der Waals surface area (Å²) in [5.41, 5.74) is 2.44. The van der Waals surface area contributed by atoms with E-state index >= 15 is 0 Å². The quantitative estimate of drug-likeness (QED) is 0.293. The molecule has 2 atom stereocenters. The van der Waals surface area contributed by atoms with Gasteiger partial charge in [0.2, 0.25) is 11.7 Å².